The molecule has 4 rings (SSSR count). The molecule has 0 aromatic heterocycles. The summed E-state index contributed by atoms with van der Waals surface area (Å²) in [5, 5.41) is 2.97. The first-order valence-electron chi connectivity index (χ1n) is 10.1. The summed E-state index contributed by atoms with van der Waals surface area (Å²) in [7, 11) is 0. The monoisotopic (exact) mass is 402 g/mol. The van der Waals surface area contributed by atoms with Gasteiger partial charge in [-0.05, 0) is 59.9 Å². The van der Waals surface area contributed by atoms with Crippen LogP contribution in [0.25, 0.3) is 0 Å². The van der Waals surface area contributed by atoms with Crippen molar-refractivity contribution in [1.29, 1.82) is 0 Å². The second kappa shape index (κ2) is 8.91. The fourth-order valence-electron chi connectivity index (χ4n) is 3.72. The van der Waals surface area contributed by atoms with Crippen molar-refractivity contribution in [1.82, 2.24) is 5.32 Å². The fraction of sp³-hybridized carbons (Fsp3) is 0.200. The van der Waals surface area contributed by atoms with Crippen LogP contribution in [0.3, 0.4) is 0 Å². The summed E-state index contributed by atoms with van der Waals surface area (Å²) < 4.78 is 13.1. The number of hydrogen-bond acceptors (Lipinski definition) is 2. The molecular formula is C25H23FN2O2. The molecule has 30 heavy (non-hydrogen) atoms. The highest BCUT2D eigenvalue weighted by atomic mass is 19.1. The van der Waals surface area contributed by atoms with E-state index in [1.165, 1.54) is 24.3 Å². The second-order valence-electron chi connectivity index (χ2n) is 7.44. The molecule has 3 aromatic rings. The minimum Gasteiger partial charge on any atom is -0.352 e. The van der Waals surface area contributed by atoms with Crippen LogP contribution in [0, 0.1) is 5.82 Å². The Morgan fingerprint density at radius 1 is 0.933 bits per heavy atom. The van der Waals surface area contributed by atoms with E-state index in [0.717, 1.165) is 35.2 Å². The molecule has 0 fully saturated rings. The van der Waals surface area contributed by atoms with E-state index in [1.54, 1.807) is 4.90 Å². The zero-order valence-corrected chi connectivity index (χ0v) is 16.6. The van der Waals surface area contributed by atoms with Crippen LogP contribution >= 0.6 is 0 Å². The Labute approximate surface area is 175 Å². The maximum Gasteiger partial charge on any atom is 0.258 e. The van der Waals surface area contributed by atoms with Gasteiger partial charge in [-0.1, -0.05) is 42.5 Å². The molecule has 1 N–H and O–H groups in total. The molecule has 0 atom stereocenters. The number of hydrogen-bond donors (Lipinski definition) is 1. The van der Waals surface area contributed by atoms with E-state index in [9.17, 15) is 14.0 Å². The molecule has 0 aliphatic carbocycles. The third-order valence-electron chi connectivity index (χ3n) is 5.35. The van der Waals surface area contributed by atoms with Crippen LogP contribution in [0.1, 0.15) is 33.5 Å². The van der Waals surface area contributed by atoms with Crippen LogP contribution in [-0.4, -0.2) is 18.4 Å². The van der Waals surface area contributed by atoms with Crippen LogP contribution in [0.4, 0.5) is 10.1 Å². The number of nitrogens with zero attached hydrogens (tertiary/aromatic N) is 1. The predicted molar refractivity (Wildman–Crippen MR) is 115 cm³/mol. The van der Waals surface area contributed by atoms with Gasteiger partial charge in [0.2, 0.25) is 5.91 Å². The molecule has 1 aliphatic heterocycles. The number of anilines is 1. The van der Waals surface area contributed by atoms with Gasteiger partial charge in [-0.3, -0.25) is 9.59 Å². The molecule has 1 heterocycles. The normalized spacial score (nSPS) is 12.5. The van der Waals surface area contributed by atoms with Crippen molar-refractivity contribution < 1.29 is 14.0 Å². The third-order valence-corrected chi connectivity index (χ3v) is 5.35. The average molecular weight is 402 g/mol. The van der Waals surface area contributed by atoms with Gasteiger partial charge in [0.15, 0.2) is 0 Å². The minimum atomic E-state index is -0.358. The van der Waals surface area contributed by atoms with E-state index in [-0.39, 0.29) is 17.6 Å². The number of rotatable bonds is 6. The number of carbonyl (C=O) groups excluding carboxylic acids is 2. The average Bonchev–Trinajstić information content (AvgIpc) is 3.20. The highest BCUT2D eigenvalue weighted by Crippen LogP contribution is 2.30. The largest absolute Gasteiger partial charge is 0.352 e. The number of nitrogens with one attached hydrogen (secondary N) is 1. The number of benzene rings is 3. The van der Waals surface area contributed by atoms with Crippen molar-refractivity contribution >= 4 is 17.5 Å². The van der Waals surface area contributed by atoms with E-state index in [0.29, 0.717) is 25.1 Å². The van der Waals surface area contributed by atoms with E-state index in [1.807, 2.05) is 48.5 Å². The van der Waals surface area contributed by atoms with E-state index >= 15 is 0 Å². The molecule has 0 radical (unpaired) electrons. The summed E-state index contributed by atoms with van der Waals surface area (Å²) in [5.74, 6) is -0.466. The Kier molecular flexibility index (Phi) is 5.89. The first kappa shape index (κ1) is 19.8. The Morgan fingerprint density at radius 2 is 1.70 bits per heavy atom. The van der Waals surface area contributed by atoms with Gasteiger partial charge < -0.3 is 10.2 Å². The molecule has 0 spiro atoms. The van der Waals surface area contributed by atoms with Gasteiger partial charge >= 0.3 is 0 Å². The van der Waals surface area contributed by atoms with Crippen molar-refractivity contribution in [3.05, 3.63) is 101 Å². The number of aryl methyl sites for hydroxylation is 1. The second-order valence-corrected chi connectivity index (χ2v) is 7.44. The first-order chi connectivity index (χ1) is 14.6. The number of carbonyl (C=O) groups is 2. The van der Waals surface area contributed by atoms with E-state index in [4.69, 9.17) is 0 Å². The zero-order chi connectivity index (χ0) is 20.9. The molecule has 1 aliphatic rings. The van der Waals surface area contributed by atoms with Crippen molar-refractivity contribution in [3.8, 4) is 0 Å². The molecule has 5 heteroatoms. The van der Waals surface area contributed by atoms with Crippen LogP contribution < -0.4 is 10.2 Å². The van der Waals surface area contributed by atoms with Crippen molar-refractivity contribution in [2.24, 2.45) is 0 Å². The van der Waals surface area contributed by atoms with E-state index in [2.05, 4.69) is 5.32 Å². The number of halogens is 1. The standard InChI is InChI=1S/C25H23FN2O2/c26-22-10-8-20(9-11-22)25(30)28-15-14-21-16-19(6-12-23(21)28)17-27-24(29)13-7-18-4-2-1-3-5-18/h1-6,8-12,16H,7,13-15,17H2,(H,27,29). The molecule has 0 unspecified atom stereocenters. The summed E-state index contributed by atoms with van der Waals surface area (Å²) in [6.07, 6.45) is 1.93. The molecular weight excluding hydrogens is 379 g/mol. The molecule has 0 saturated carbocycles. The third kappa shape index (κ3) is 4.57. The summed E-state index contributed by atoms with van der Waals surface area (Å²) in [6, 6.07) is 21.5. The molecule has 4 nitrogen and oxygen atoms in total. The molecule has 0 bridgehead atoms. The zero-order valence-electron chi connectivity index (χ0n) is 16.6. The molecule has 3 aromatic carbocycles. The van der Waals surface area contributed by atoms with Crippen molar-refractivity contribution in [2.45, 2.75) is 25.8 Å². The van der Waals surface area contributed by atoms with Crippen LogP contribution in [0.2, 0.25) is 0 Å². The lowest BCUT2D eigenvalue weighted by Gasteiger charge is -2.18. The van der Waals surface area contributed by atoms with E-state index < -0.39 is 0 Å². The highest BCUT2D eigenvalue weighted by Gasteiger charge is 2.25. The topological polar surface area (TPSA) is 49.4 Å². The smallest absolute Gasteiger partial charge is 0.258 e. The Hall–Kier alpha value is -3.47. The first-order valence-corrected chi connectivity index (χ1v) is 10.1. The van der Waals surface area contributed by atoms with Gasteiger partial charge in [-0.25, -0.2) is 4.39 Å². The number of amides is 2. The summed E-state index contributed by atoms with van der Waals surface area (Å²) >= 11 is 0. The van der Waals surface area contributed by atoms with Crippen molar-refractivity contribution in [3.63, 3.8) is 0 Å². The van der Waals surface area contributed by atoms with Gasteiger partial charge in [0, 0.05) is 30.8 Å². The maximum atomic E-state index is 13.1. The molecule has 0 saturated heterocycles. The Morgan fingerprint density at radius 3 is 2.47 bits per heavy atom. The molecule has 152 valence electrons. The maximum absolute atomic E-state index is 13.1. The van der Waals surface area contributed by atoms with Crippen molar-refractivity contribution in [2.75, 3.05) is 11.4 Å². The van der Waals surface area contributed by atoms with Crippen LogP contribution in [0.15, 0.2) is 72.8 Å². The van der Waals surface area contributed by atoms with Gasteiger partial charge in [0.1, 0.15) is 5.82 Å². The van der Waals surface area contributed by atoms with Crippen LogP contribution in [0.5, 0.6) is 0 Å². The SMILES string of the molecule is O=C(CCc1ccccc1)NCc1ccc2c(c1)CCN2C(=O)c1ccc(F)cc1. The Balaban J connectivity index is 1.35. The minimum absolute atomic E-state index is 0.0208. The lowest BCUT2D eigenvalue weighted by molar-refractivity contribution is -0.121. The lowest BCUT2D eigenvalue weighted by Crippen LogP contribution is -2.28. The Bertz CT molecular complexity index is 1050. The summed E-state index contributed by atoms with van der Waals surface area (Å²) in [5.41, 5.74) is 4.60. The number of fused-ring (bicyclic) bond motifs is 1. The summed E-state index contributed by atoms with van der Waals surface area (Å²) in [6.45, 7) is 1.06. The predicted octanol–water partition coefficient (Wildman–Crippen LogP) is 4.28. The van der Waals surface area contributed by atoms with Gasteiger partial charge in [-0.15, -0.1) is 0 Å². The molecule has 2 amide bonds. The summed E-state index contributed by atoms with van der Waals surface area (Å²) in [4.78, 5) is 26.6. The van der Waals surface area contributed by atoms with Gasteiger partial charge in [0.05, 0.1) is 0 Å². The van der Waals surface area contributed by atoms with Gasteiger partial charge in [-0.2, -0.15) is 0 Å². The van der Waals surface area contributed by atoms with Gasteiger partial charge in [0.25, 0.3) is 5.91 Å². The highest BCUT2D eigenvalue weighted by molar-refractivity contribution is 6.07. The quantitative estimate of drug-likeness (QED) is 0.669. The van der Waals surface area contributed by atoms with Crippen LogP contribution in [-0.2, 0) is 24.2 Å². The lowest BCUT2D eigenvalue weighted by atomic mass is 10.1. The fourth-order valence-corrected chi connectivity index (χ4v) is 3.72.